The molecule has 0 unspecified atom stereocenters. The Morgan fingerprint density at radius 2 is 1.90 bits per heavy atom. The molecule has 1 aromatic heterocycles. The van der Waals surface area contributed by atoms with Crippen molar-refractivity contribution in [3.63, 3.8) is 0 Å². The quantitative estimate of drug-likeness (QED) is 0.764. The summed E-state index contributed by atoms with van der Waals surface area (Å²) in [5.74, 6) is 0.148. The summed E-state index contributed by atoms with van der Waals surface area (Å²) < 4.78 is 32.7. The molecule has 168 valence electrons. The number of amides is 1. The second-order valence-electron chi connectivity index (χ2n) is 8.92. The van der Waals surface area contributed by atoms with Crippen LogP contribution in [0.5, 0.6) is 0 Å². The van der Waals surface area contributed by atoms with E-state index in [-0.39, 0.29) is 30.4 Å². The highest BCUT2D eigenvalue weighted by molar-refractivity contribution is 7.89. The maximum absolute atomic E-state index is 13.2. The van der Waals surface area contributed by atoms with Crippen LogP contribution in [0.25, 0.3) is 10.9 Å². The number of aromatic nitrogens is 1. The predicted octanol–water partition coefficient (Wildman–Crippen LogP) is 2.53. The molecule has 1 aliphatic carbocycles. The SMILES string of the molecule is C[C@@H]1CCc2nc3ccccc3c(C(=O)NCCS(=O)(=O)N3C[C@H](C)O[C@@H](C)C3)c2C1. The van der Waals surface area contributed by atoms with Gasteiger partial charge in [0.15, 0.2) is 0 Å². The monoisotopic (exact) mass is 445 g/mol. The average molecular weight is 446 g/mol. The molecule has 1 N–H and O–H groups in total. The van der Waals surface area contributed by atoms with E-state index in [1.54, 1.807) is 0 Å². The Labute approximate surface area is 184 Å². The minimum absolute atomic E-state index is 0.0717. The van der Waals surface area contributed by atoms with Crippen molar-refractivity contribution >= 4 is 26.8 Å². The van der Waals surface area contributed by atoms with Crippen LogP contribution in [-0.2, 0) is 27.6 Å². The lowest BCUT2D eigenvalue weighted by molar-refractivity contribution is -0.0440. The van der Waals surface area contributed by atoms with Gasteiger partial charge in [0.1, 0.15) is 0 Å². The molecule has 3 atom stereocenters. The number of hydrogen-bond acceptors (Lipinski definition) is 5. The number of carbonyl (C=O) groups excluding carboxylic acids is 1. The lowest BCUT2D eigenvalue weighted by atomic mass is 9.84. The Hall–Kier alpha value is -2.03. The van der Waals surface area contributed by atoms with Crippen molar-refractivity contribution in [2.75, 3.05) is 25.4 Å². The molecule has 1 saturated heterocycles. The van der Waals surface area contributed by atoms with E-state index >= 15 is 0 Å². The Balaban J connectivity index is 1.52. The molecule has 8 heteroatoms. The predicted molar refractivity (Wildman–Crippen MR) is 121 cm³/mol. The molecule has 7 nitrogen and oxygen atoms in total. The lowest BCUT2D eigenvalue weighted by Crippen LogP contribution is -2.49. The zero-order valence-corrected chi connectivity index (χ0v) is 19.2. The highest BCUT2D eigenvalue weighted by Gasteiger charge is 2.31. The van der Waals surface area contributed by atoms with E-state index in [4.69, 9.17) is 9.72 Å². The van der Waals surface area contributed by atoms with Gasteiger partial charge < -0.3 is 10.1 Å². The van der Waals surface area contributed by atoms with Crippen LogP contribution in [-0.4, -0.2) is 61.2 Å². The van der Waals surface area contributed by atoms with Crippen molar-refractivity contribution in [3.8, 4) is 0 Å². The molecule has 2 aromatic rings. The minimum Gasteiger partial charge on any atom is -0.373 e. The first kappa shape index (κ1) is 22.2. The fourth-order valence-corrected chi connectivity index (χ4v) is 6.18. The van der Waals surface area contributed by atoms with Crippen molar-refractivity contribution in [1.82, 2.24) is 14.6 Å². The van der Waals surface area contributed by atoms with Crippen LogP contribution >= 0.6 is 0 Å². The standard InChI is InChI=1S/C23H31N3O4S/c1-15-8-9-21-19(12-15)22(18-6-4-5-7-20(18)25-21)23(27)24-10-11-31(28,29)26-13-16(2)30-17(3)14-26/h4-7,15-17H,8-14H2,1-3H3,(H,24,27)/t15-,16+,17+/m1/s1. The number of nitrogens with one attached hydrogen (secondary N) is 1. The van der Waals surface area contributed by atoms with Crippen LogP contribution in [0.3, 0.4) is 0 Å². The Morgan fingerprint density at radius 1 is 1.19 bits per heavy atom. The fraction of sp³-hybridized carbons (Fsp3) is 0.565. The van der Waals surface area contributed by atoms with Crippen LogP contribution < -0.4 is 5.32 Å². The summed E-state index contributed by atoms with van der Waals surface area (Å²) in [6.07, 6.45) is 2.48. The number of morpholine rings is 1. The molecule has 1 aromatic carbocycles. The summed E-state index contributed by atoms with van der Waals surface area (Å²) in [6, 6.07) is 7.68. The number of pyridine rings is 1. The number of rotatable bonds is 5. The Bertz CT molecular complexity index is 1080. The van der Waals surface area contributed by atoms with E-state index in [0.29, 0.717) is 24.6 Å². The summed E-state index contributed by atoms with van der Waals surface area (Å²) in [5.41, 5.74) is 3.46. The normalized spacial score (nSPS) is 24.7. The maximum atomic E-state index is 13.2. The van der Waals surface area contributed by atoms with E-state index in [0.717, 1.165) is 41.4 Å². The number of sulfonamides is 1. The molecule has 31 heavy (non-hydrogen) atoms. The summed E-state index contributed by atoms with van der Waals surface area (Å²) in [6.45, 7) is 6.71. The van der Waals surface area contributed by atoms with Crippen LogP contribution in [0.4, 0.5) is 0 Å². The van der Waals surface area contributed by atoms with Gasteiger partial charge in [0.2, 0.25) is 10.0 Å². The number of aryl methyl sites for hydroxylation is 1. The summed E-state index contributed by atoms with van der Waals surface area (Å²) in [7, 11) is -3.47. The largest absolute Gasteiger partial charge is 0.373 e. The van der Waals surface area contributed by atoms with Gasteiger partial charge in [-0.05, 0) is 50.7 Å². The van der Waals surface area contributed by atoms with Crippen molar-refractivity contribution in [3.05, 3.63) is 41.1 Å². The summed E-state index contributed by atoms with van der Waals surface area (Å²) in [4.78, 5) is 18.0. The first-order valence-electron chi connectivity index (χ1n) is 11.1. The summed E-state index contributed by atoms with van der Waals surface area (Å²) >= 11 is 0. The summed E-state index contributed by atoms with van der Waals surface area (Å²) in [5, 5.41) is 3.70. The number of fused-ring (bicyclic) bond motifs is 2. The average Bonchev–Trinajstić information content (AvgIpc) is 2.71. The van der Waals surface area contributed by atoms with Crippen molar-refractivity contribution < 1.29 is 17.9 Å². The molecule has 0 radical (unpaired) electrons. The van der Waals surface area contributed by atoms with Gasteiger partial charge in [0, 0.05) is 30.7 Å². The fourth-order valence-electron chi connectivity index (χ4n) is 4.69. The second-order valence-corrected chi connectivity index (χ2v) is 11.0. The first-order valence-corrected chi connectivity index (χ1v) is 12.7. The molecule has 0 bridgehead atoms. The van der Waals surface area contributed by atoms with Gasteiger partial charge in [0.25, 0.3) is 5.91 Å². The van der Waals surface area contributed by atoms with Crippen LogP contribution in [0.2, 0.25) is 0 Å². The van der Waals surface area contributed by atoms with E-state index in [2.05, 4.69) is 12.2 Å². The van der Waals surface area contributed by atoms with Gasteiger partial charge in [-0.1, -0.05) is 25.1 Å². The number of hydrogen-bond donors (Lipinski definition) is 1. The second kappa shape index (κ2) is 8.84. The van der Waals surface area contributed by atoms with Gasteiger partial charge in [-0.3, -0.25) is 9.78 Å². The van der Waals surface area contributed by atoms with E-state index in [1.165, 1.54) is 4.31 Å². The Kier molecular flexibility index (Phi) is 6.32. The number of nitrogens with zero attached hydrogens (tertiary/aromatic N) is 2. The highest BCUT2D eigenvalue weighted by atomic mass is 32.2. The topological polar surface area (TPSA) is 88.6 Å². The minimum atomic E-state index is -3.47. The van der Waals surface area contributed by atoms with E-state index in [9.17, 15) is 13.2 Å². The molecule has 1 aliphatic heterocycles. The smallest absolute Gasteiger partial charge is 0.252 e. The van der Waals surface area contributed by atoms with E-state index < -0.39 is 10.0 Å². The van der Waals surface area contributed by atoms with Crippen molar-refractivity contribution in [2.24, 2.45) is 5.92 Å². The van der Waals surface area contributed by atoms with Crippen LogP contribution in [0.1, 0.15) is 48.8 Å². The molecular formula is C23H31N3O4S. The van der Waals surface area contributed by atoms with Gasteiger partial charge in [-0.15, -0.1) is 0 Å². The number of ether oxygens (including phenoxy) is 1. The molecule has 4 rings (SSSR count). The van der Waals surface area contributed by atoms with Crippen LogP contribution in [0.15, 0.2) is 24.3 Å². The zero-order valence-electron chi connectivity index (χ0n) is 18.4. The third-order valence-electron chi connectivity index (χ3n) is 6.16. The first-order chi connectivity index (χ1) is 14.7. The lowest BCUT2D eigenvalue weighted by Gasteiger charge is -2.34. The molecular weight excluding hydrogens is 414 g/mol. The van der Waals surface area contributed by atoms with Crippen molar-refractivity contribution in [2.45, 2.75) is 52.2 Å². The Morgan fingerprint density at radius 3 is 2.65 bits per heavy atom. The molecule has 1 fully saturated rings. The molecule has 0 spiro atoms. The van der Waals surface area contributed by atoms with E-state index in [1.807, 2.05) is 38.1 Å². The maximum Gasteiger partial charge on any atom is 0.252 e. The highest BCUT2D eigenvalue weighted by Crippen LogP contribution is 2.31. The van der Waals surface area contributed by atoms with Gasteiger partial charge >= 0.3 is 0 Å². The van der Waals surface area contributed by atoms with Gasteiger partial charge in [0.05, 0.1) is 29.0 Å². The van der Waals surface area contributed by atoms with Gasteiger partial charge in [-0.2, -0.15) is 4.31 Å². The third kappa shape index (κ3) is 4.76. The van der Waals surface area contributed by atoms with Gasteiger partial charge in [-0.25, -0.2) is 8.42 Å². The third-order valence-corrected chi connectivity index (χ3v) is 7.96. The van der Waals surface area contributed by atoms with Crippen molar-refractivity contribution in [1.29, 1.82) is 0 Å². The van der Waals surface area contributed by atoms with Crippen LogP contribution in [0, 0.1) is 5.92 Å². The zero-order chi connectivity index (χ0) is 22.2. The molecule has 1 amide bonds. The number of benzene rings is 1. The molecule has 2 aliphatic rings. The molecule has 0 saturated carbocycles. The number of carbonyl (C=O) groups is 1. The molecule has 2 heterocycles. The number of para-hydroxylation sites is 1.